The molecule has 0 atom stereocenters. The molecule has 0 unspecified atom stereocenters. The fraction of sp³-hybridized carbons (Fsp3) is 0.367. The molecule has 1 saturated heterocycles. The van der Waals surface area contributed by atoms with Crippen LogP contribution in [0.15, 0.2) is 60.8 Å². The zero-order valence-electron chi connectivity index (χ0n) is 21.9. The van der Waals surface area contributed by atoms with E-state index in [9.17, 15) is 9.59 Å². The highest BCUT2D eigenvalue weighted by Gasteiger charge is 2.30. The Labute approximate surface area is 219 Å². The topological polar surface area (TPSA) is 68.8 Å². The molecule has 7 heteroatoms. The number of anilines is 1. The van der Waals surface area contributed by atoms with Crippen LogP contribution in [0.5, 0.6) is 0 Å². The summed E-state index contributed by atoms with van der Waals surface area (Å²) in [4.78, 5) is 37.1. The van der Waals surface area contributed by atoms with Crippen LogP contribution in [0.2, 0.25) is 0 Å². The summed E-state index contributed by atoms with van der Waals surface area (Å²) in [5.74, 6) is -0.147. The van der Waals surface area contributed by atoms with Crippen molar-refractivity contribution in [1.29, 1.82) is 0 Å². The third kappa shape index (κ3) is 5.89. The number of carbonyl (C=O) groups is 2. The first kappa shape index (κ1) is 25.1. The van der Waals surface area contributed by atoms with Gasteiger partial charge in [-0.25, -0.2) is 0 Å². The van der Waals surface area contributed by atoms with Crippen molar-refractivity contribution >= 4 is 17.5 Å². The summed E-state index contributed by atoms with van der Waals surface area (Å²) in [6.07, 6.45) is 3.76. The zero-order valence-corrected chi connectivity index (χ0v) is 21.9. The highest BCUT2D eigenvalue weighted by Crippen LogP contribution is 2.29. The van der Waals surface area contributed by atoms with E-state index >= 15 is 0 Å². The highest BCUT2D eigenvalue weighted by atomic mass is 16.2. The first-order valence-corrected chi connectivity index (χ1v) is 13.0. The summed E-state index contributed by atoms with van der Waals surface area (Å²) in [6, 6.07) is 17.8. The van der Waals surface area contributed by atoms with Crippen molar-refractivity contribution in [3.63, 3.8) is 0 Å². The second kappa shape index (κ2) is 10.8. The molecular weight excluding hydrogens is 462 g/mol. The lowest BCUT2D eigenvalue weighted by atomic mass is 10.0. The monoisotopic (exact) mass is 497 g/mol. The Morgan fingerprint density at radius 2 is 1.73 bits per heavy atom. The summed E-state index contributed by atoms with van der Waals surface area (Å²) >= 11 is 0. The van der Waals surface area contributed by atoms with Crippen molar-refractivity contribution in [2.45, 2.75) is 32.4 Å². The molecule has 1 N–H and O–H groups in total. The molecule has 2 aliphatic rings. The molecule has 0 radical (unpaired) electrons. The van der Waals surface area contributed by atoms with E-state index in [2.05, 4.69) is 33.2 Å². The van der Waals surface area contributed by atoms with Gasteiger partial charge in [0, 0.05) is 68.8 Å². The van der Waals surface area contributed by atoms with E-state index in [1.165, 1.54) is 0 Å². The molecule has 1 aromatic heterocycles. The predicted molar refractivity (Wildman–Crippen MR) is 147 cm³/mol. The lowest BCUT2D eigenvalue weighted by Gasteiger charge is -2.32. The predicted octanol–water partition coefficient (Wildman–Crippen LogP) is 4.29. The third-order valence-electron chi connectivity index (χ3n) is 7.46. The minimum absolute atomic E-state index is 0.0370. The Hall–Kier alpha value is -3.55. The normalized spacial score (nSPS) is 16.4. The van der Waals surface area contributed by atoms with E-state index in [0.717, 1.165) is 73.6 Å². The average molecular weight is 498 g/mol. The SMILES string of the molecule is Cc1ccc(C(=O)N(C)C2CC2)cc1-c1ccc(C(=O)Nc2ccccc2CN2CCN(C)CC2)cn1. The van der Waals surface area contributed by atoms with Gasteiger partial charge in [-0.1, -0.05) is 24.3 Å². The maximum atomic E-state index is 13.1. The Bertz CT molecular complexity index is 1280. The van der Waals surface area contributed by atoms with Crippen LogP contribution in [0.1, 0.15) is 44.7 Å². The summed E-state index contributed by atoms with van der Waals surface area (Å²) in [7, 11) is 4.02. The molecule has 0 spiro atoms. The number of rotatable bonds is 7. The second-order valence-corrected chi connectivity index (χ2v) is 10.3. The van der Waals surface area contributed by atoms with Crippen LogP contribution in [-0.4, -0.2) is 77.8 Å². The van der Waals surface area contributed by atoms with Crippen LogP contribution in [-0.2, 0) is 6.54 Å². The second-order valence-electron chi connectivity index (χ2n) is 10.3. The Morgan fingerprint density at radius 3 is 2.43 bits per heavy atom. The van der Waals surface area contributed by atoms with Crippen LogP contribution in [0.4, 0.5) is 5.69 Å². The summed E-state index contributed by atoms with van der Waals surface area (Å²) in [5, 5.41) is 3.08. The van der Waals surface area contributed by atoms with E-state index in [-0.39, 0.29) is 11.8 Å². The van der Waals surface area contributed by atoms with Gasteiger partial charge in [-0.2, -0.15) is 0 Å². The van der Waals surface area contributed by atoms with Crippen LogP contribution in [0.3, 0.4) is 0 Å². The molecule has 192 valence electrons. The number of likely N-dealkylation sites (N-methyl/N-ethyl adjacent to an activating group) is 1. The number of pyridine rings is 1. The molecule has 3 aromatic rings. The van der Waals surface area contributed by atoms with Gasteiger partial charge in [-0.05, 0) is 68.3 Å². The number of aryl methyl sites for hydroxylation is 1. The number of hydrogen-bond donors (Lipinski definition) is 1. The smallest absolute Gasteiger partial charge is 0.257 e. The first-order chi connectivity index (χ1) is 17.9. The number of aromatic nitrogens is 1. The fourth-order valence-corrected chi connectivity index (χ4v) is 4.77. The Morgan fingerprint density at radius 1 is 1.00 bits per heavy atom. The number of amides is 2. The van der Waals surface area contributed by atoms with Gasteiger partial charge in [-0.15, -0.1) is 0 Å². The van der Waals surface area contributed by atoms with Gasteiger partial charge in [0.05, 0.1) is 11.3 Å². The zero-order chi connectivity index (χ0) is 25.9. The highest BCUT2D eigenvalue weighted by molar-refractivity contribution is 6.04. The van der Waals surface area contributed by atoms with Crippen LogP contribution in [0, 0.1) is 6.92 Å². The molecule has 0 bridgehead atoms. The average Bonchev–Trinajstić information content (AvgIpc) is 3.76. The quantitative estimate of drug-likeness (QED) is 0.527. The number of piperazine rings is 1. The van der Waals surface area contributed by atoms with Gasteiger partial charge in [-0.3, -0.25) is 19.5 Å². The summed E-state index contributed by atoms with van der Waals surface area (Å²) in [5.41, 5.74) is 5.78. The van der Waals surface area contributed by atoms with E-state index < -0.39 is 0 Å². The lowest BCUT2D eigenvalue weighted by Crippen LogP contribution is -2.43. The minimum Gasteiger partial charge on any atom is -0.339 e. The van der Waals surface area contributed by atoms with E-state index in [1.807, 2.05) is 61.3 Å². The molecular formula is C30H35N5O2. The van der Waals surface area contributed by atoms with Gasteiger partial charge in [0.25, 0.3) is 11.8 Å². The van der Waals surface area contributed by atoms with Gasteiger partial charge in [0.1, 0.15) is 0 Å². The number of benzene rings is 2. The summed E-state index contributed by atoms with van der Waals surface area (Å²) < 4.78 is 0. The first-order valence-electron chi connectivity index (χ1n) is 13.0. The van der Waals surface area contributed by atoms with Crippen molar-refractivity contribution < 1.29 is 9.59 Å². The molecule has 1 aliphatic carbocycles. The summed E-state index contributed by atoms with van der Waals surface area (Å²) in [6.45, 7) is 6.97. The van der Waals surface area contributed by atoms with Crippen LogP contribution in [0.25, 0.3) is 11.3 Å². The fourth-order valence-electron chi connectivity index (χ4n) is 4.77. The van der Waals surface area contributed by atoms with Crippen molar-refractivity contribution in [3.05, 3.63) is 83.0 Å². The number of nitrogens with zero attached hydrogens (tertiary/aromatic N) is 4. The van der Waals surface area contributed by atoms with Crippen molar-refractivity contribution in [3.8, 4) is 11.3 Å². The molecule has 1 aliphatic heterocycles. The van der Waals surface area contributed by atoms with Crippen LogP contribution < -0.4 is 5.32 Å². The minimum atomic E-state index is -0.184. The number of nitrogens with one attached hydrogen (secondary N) is 1. The maximum Gasteiger partial charge on any atom is 0.257 e. The van der Waals surface area contributed by atoms with E-state index in [4.69, 9.17) is 0 Å². The van der Waals surface area contributed by atoms with Crippen molar-refractivity contribution in [1.82, 2.24) is 19.7 Å². The Kier molecular flexibility index (Phi) is 7.35. The molecule has 5 rings (SSSR count). The number of para-hydroxylation sites is 1. The maximum absolute atomic E-state index is 13.1. The van der Waals surface area contributed by atoms with Crippen molar-refractivity contribution in [2.75, 3.05) is 45.6 Å². The molecule has 2 fully saturated rings. The van der Waals surface area contributed by atoms with Gasteiger partial charge in [0.15, 0.2) is 0 Å². The standard InChI is InChI=1S/C30H35N5O2/c1-21-8-9-22(30(37)34(3)25-11-12-25)18-26(21)28-13-10-23(19-31-28)29(36)32-27-7-5-4-6-24(27)20-35-16-14-33(2)15-17-35/h4-10,13,18-19,25H,11-12,14-17,20H2,1-3H3,(H,32,36). The Balaban J connectivity index is 1.28. The number of carbonyl (C=O) groups excluding carboxylic acids is 2. The molecule has 2 aromatic carbocycles. The molecule has 2 amide bonds. The molecule has 7 nitrogen and oxygen atoms in total. The van der Waals surface area contributed by atoms with E-state index in [1.54, 1.807) is 12.3 Å². The molecule has 2 heterocycles. The number of hydrogen-bond acceptors (Lipinski definition) is 5. The molecule has 37 heavy (non-hydrogen) atoms. The van der Waals surface area contributed by atoms with Gasteiger partial charge in [0.2, 0.25) is 0 Å². The van der Waals surface area contributed by atoms with Crippen LogP contribution >= 0.6 is 0 Å². The lowest BCUT2D eigenvalue weighted by molar-refractivity contribution is 0.0785. The van der Waals surface area contributed by atoms with Gasteiger partial charge < -0.3 is 15.1 Å². The largest absolute Gasteiger partial charge is 0.339 e. The van der Waals surface area contributed by atoms with Crippen molar-refractivity contribution in [2.24, 2.45) is 0 Å². The molecule has 1 saturated carbocycles. The van der Waals surface area contributed by atoms with E-state index in [0.29, 0.717) is 17.2 Å². The third-order valence-corrected chi connectivity index (χ3v) is 7.46. The van der Waals surface area contributed by atoms with Gasteiger partial charge >= 0.3 is 0 Å².